The monoisotopic (exact) mass is 386 g/mol. The van der Waals surface area contributed by atoms with Crippen LogP contribution >= 0.6 is 0 Å². The molecule has 1 aromatic carbocycles. The maximum atomic E-state index is 5.87. The van der Waals surface area contributed by atoms with E-state index in [4.69, 9.17) is 9.47 Å². The Bertz CT molecular complexity index is 545. The van der Waals surface area contributed by atoms with E-state index in [9.17, 15) is 0 Å². The fourth-order valence-electron chi connectivity index (χ4n) is 3.58. The van der Waals surface area contributed by atoms with E-state index in [2.05, 4.69) is 50.3 Å². The fourth-order valence-corrected chi connectivity index (χ4v) is 3.58. The van der Waals surface area contributed by atoms with Crippen LogP contribution in [0.1, 0.15) is 96.5 Å². The molecule has 2 nitrogen and oxygen atoms in total. The van der Waals surface area contributed by atoms with Crippen molar-refractivity contribution in [1.29, 1.82) is 0 Å². The van der Waals surface area contributed by atoms with Crippen molar-refractivity contribution in [2.45, 2.75) is 103 Å². The van der Waals surface area contributed by atoms with Gasteiger partial charge in [0.05, 0.1) is 6.61 Å². The lowest BCUT2D eigenvalue weighted by molar-refractivity contribution is 0.202. The van der Waals surface area contributed by atoms with Crippen LogP contribution in [-0.2, 0) is 11.2 Å². The Morgan fingerprint density at radius 3 is 2.14 bits per heavy atom. The maximum absolute atomic E-state index is 5.87. The molecule has 158 valence electrons. The molecule has 0 radical (unpaired) electrons. The number of unbranched alkanes of at least 4 members (excludes halogenated alkanes) is 11. The average molecular weight is 387 g/mol. The molecule has 1 heterocycles. The van der Waals surface area contributed by atoms with Crippen LogP contribution in [0.5, 0.6) is 5.75 Å². The summed E-state index contributed by atoms with van der Waals surface area (Å²) in [5.41, 5.74) is 1.36. The molecule has 0 amide bonds. The topological polar surface area (TPSA) is 21.8 Å². The fraction of sp³-hybridized carbons (Fsp3) is 0.692. The van der Waals surface area contributed by atoms with Crippen LogP contribution in [-0.4, -0.2) is 18.8 Å². The third-order valence-electron chi connectivity index (χ3n) is 5.65. The molecule has 1 aliphatic heterocycles. The molecular formula is C26H42O2. The summed E-state index contributed by atoms with van der Waals surface area (Å²) in [4.78, 5) is 0. The van der Waals surface area contributed by atoms with Crippen molar-refractivity contribution in [2.24, 2.45) is 0 Å². The molecule has 0 aromatic heterocycles. The van der Waals surface area contributed by atoms with E-state index in [1.165, 1.54) is 82.6 Å². The van der Waals surface area contributed by atoms with Gasteiger partial charge >= 0.3 is 0 Å². The number of hydrogen-bond donors (Lipinski definition) is 0. The zero-order valence-corrected chi connectivity index (χ0v) is 18.4. The van der Waals surface area contributed by atoms with Crippen molar-refractivity contribution in [3.05, 3.63) is 42.0 Å². The minimum Gasteiger partial charge on any atom is -0.490 e. The molecule has 0 bridgehead atoms. The summed E-state index contributed by atoms with van der Waals surface area (Å²) in [6.45, 7) is 5.69. The van der Waals surface area contributed by atoms with Crippen LogP contribution in [0.15, 0.2) is 36.4 Å². The van der Waals surface area contributed by atoms with Gasteiger partial charge in [-0.15, -0.1) is 0 Å². The second-order valence-electron chi connectivity index (χ2n) is 8.67. The van der Waals surface area contributed by atoms with Gasteiger partial charge in [-0.2, -0.15) is 0 Å². The molecule has 28 heavy (non-hydrogen) atoms. The largest absolute Gasteiger partial charge is 0.490 e. The Morgan fingerprint density at radius 1 is 0.929 bits per heavy atom. The van der Waals surface area contributed by atoms with Crippen molar-refractivity contribution >= 4 is 0 Å². The van der Waals surface area contributed by atoms with Crippen LogP contribution in [0.2, 0.25) is 0 Å². The minimum atomic E-state index is -0.0394. The van der Waals surface area contributed by atoms with Gasteiger partial charge in [0.25, 0.3) is 0 Å². The van der Waals surface area contributed by atoms with Crippen molar-refractivity contribution < 1.29 is 9.47 Å². The third kappa shape index (κ3) is 10.9. The lowest BCUT2D eigenvalue weighted by atomic mass is 10.0. The summed E-state index contributed by atoms with van der Waals surface area (Å²) in [7, 11) is 0. The highest BCUT2D eigenvalue weighted by molar-refractivity contribution is 5.28. The molecule has 1 saturated heterocycles. The van der Waals surface area contributed by atoms with Gasteiger partial charge in [-0.3, -0.25) is 0 Å². The predicted molar refractivity (Wildman–Crippen MR) is 120 cm³/mol. The lowest BCUT2D eigenvalue weighted by Crippen LogP contribution is -2.16. The molecule has 1 fully saturated rings. The molecule has 1 atom stereocenters. The highest BCUT2D eigenvalue weighted by Crippen LogP contribution is 2.27. The number of rotatable bonds is 17. The predicted octanol–water partition coefficient (Wildman–Crippen LogP) is 7.65. The van der Waals surface area contributed by atoms with Gasteiger partial charge < -0.3 is 9.47 Å². The normalized spacial score (nSPS) is 18.6. The first-order valence-electron chi connectivity index (χ1n) is 11.7. The van der Waals surface area contributed by atoms with Crippen LogP contribution in [0.4, 0.5) is 0 Å². The second kappa shape index (κ2) is 13.8. The van der Waals surface area contributed by atoms with Gasteiger partial charge in [-0.1, -0.05) is 82.1 Å². The summed E-state index contributed by atoms with van der Waals surface area (Å²) < 4.78 is 11.2. The van der Waals surface area contributed by atoms with Gasteiger partial charge in [-0.25, -0.2) is 0 Å². The Kier molecular flexibility index (Phi) is 11.4. The SMILES string of the molecule is C/C=C/CCCCCCCCCCCCCc1cccc(OCC2(C)CO2)c1. The Hall–Kier alpha value is -1.28. The summed E-state index contributed by atoms with van der Waals surface area (Å²) in [6, 6.07) is 8.59. The number of epoxide rings is 1. The Morgan fingerprint density at radius 2 is 1.54 bits per heavy atom. The maximum Gasteiger partial charge on any atom is 0.123 e. The summed E-state index contributed by atoms with van der Waals surface area (Å²) >= 11 is 0. The molecule has 2 heteroatoms. The van der Waals surface area contributed by atoms with Gasteiger partial charge in [0, 0.05) is 0 Å². The Labute approximate surface area is 173 Å². The zero-order chi connectivity index (χ0) is 19.9. The van der Waals surface area contributed by atoms with E-state index in [1.54, 1.807) is 0 Å². The summed E-state index contributed by atoms with van der Waals surface area (Å²) in [5, 5.41) is 0. The van der Waals surface area contributed by atoms with Crippen LogP contribution < -0.4 is 4.74 Å². The molecule has 0 saturated carbocycles. The highest BCUT2D eigenvalue weighted by Gasteiger charge is 2.40. The van der Waals surface area contributed by atoms with Crippen molar-refractivity contribution in [1.82, 2.24) is 0 Å². The van der Waals surface area contributed by atoms with E-state index >= 15 is 0 Å². The Balaban J connectivity index is 1.39. The smallest absolute Gasteiger partial charge is 0.123 e. The molecule has 1 aliphatic rings. The van der Waals surface area contributed by atoms with Crippen molar-refractivity contribution in [2.75, 3.05) is 13.2 Å². The molecule has 1 aromatic rings. The first-order valence-corrected chi connectivity index (χ1v) is 11.7. The van der Waals surface area contributed by atoms with E-state index in [-0.39, 0.29) is 5.60 Å². The third-order valence-corrected chi connectivity index (χ3v) is 5.65. The highest BCUT2D eigenvalue weighted by atomic mass is 16.6. The van der Waals surface area contributed by atoms with E-state index in [0.29, 0.717) is 6.61 Å². The van der Waals surface area contributed by atoms with E-state index in [1.807, 2.05) is 0 Å². The van der Waals surface area contributed by atoms with Crippen LogP contribution in [0.25, 0.3) is 0 Å². The standard InChI is InChI=1S/C26H42O2/c1-3-4-5-6-7-8-9-10-11-12-13-14-15-16-18-24-19-17-20-25(21-24)27-22-26(2)23-28-26/h3-4,17,19-21H,5-16,18,22-23H2,1-2H3/b4-3+. The van der Waals surface area contributed by atoms with Crippen molar-refractivity contribution in [3.8, 4) is 5.75 Å². The van der Waals surface area contributed by atoms with Crippen LogP contribution in [0, 0.1) is 0 Å². The molecule has 1 unspecified atom stereocenters. The van der Waals surface area contributed by atoms with Gasteiger partial charge in [0.15, 0.2) is 0 Å². The number of ether oxygens (including phenoxy) is 2. The number of aryl methyl sites for hydroxylation is 1. The number of benzene rings is 1. The molecule has 0 spiro atoms. The van der Waals surface area contributed by atoms with Gasteiger partial charge in [0.2, 0.25) is 0 Å². The lowest BCUT2D eigenvalue weighted by Gasteiger charge is -2.10. The van der Waals surface area contributed by atoms with Gasteiger partial charge in [-0.05, 0) is 57.2 Å². The summed E-state index contributed by atoms with van der Waals surface area (Å²) in [6.07, 6.45) is 22.2. The van der Waals surface area contributed by atoms with Crippen LogP contribution in [0.3, 0.4) is 0 Å². The second-order valence-corrected chi connectivity index (χ2v) is 8.67. The molecule has 2 rings (SSSR count). The first kappa shape index (κ1) is 23.0. The van der Waals surface area contributed by atoms with Gasteiger partial charge in [0.1, 0.15) is 18.0 Å². The average Bonchev–Trinajstić information content (AvgIpc) is 3.45. The minimum absolute atomic E-state index is 0.0394. The van der Waals surface area contributed by atoms with Crippen molar-refractivity contribution in [3.63, 3.8) is 0 Å². The zero-order valence-electron chi connectivity index (χ0n) is 18.4. The van der Waals surface area contributed by atoms with E-state index in [0.717, 1.165) is 18.8 Å². The molecular weight excluding hydrogens is 344 g/mol. The number of allylic oxidation sites excluding steroid dienone is 2. The van der Waals surface area contributed by atoms with E-state index < -0.39 is 0 Å². The molecule has 0 N–H and O–H groups in total. The summed E-state index contributed by atoms with van der Waals surface area (Å²) in [5.74, 6) is 0.982. The molecule has 0 aliphatic carbocycles. The first-order chi connectivity index (χ1) is 13.7. The quantitative estimate of drug-likeness (QED) is 0.156. The number of hydrogen-bond acceptors (Lipinski definition) is 2.